The first-order chi connectivity index (χ1) is 36.4. The van der Waals surface area contributed by atoms with Crippen LogP contribution < -0.4 is 0 Å². The highest BCUT2D eigenvalue weighted by Crippen LogP contribution is 2.27. The molecule has 75 heavy (non-hydrogen) atoms. The number of rotatable bonds is 0. The Hall–Kier alpha value is -1.02. The van der Waals surface area contributed by atoms with Crippen LogP contribution in [0.3, 0.4) is 0 Å². The van der Waals surface area contributed by atoms with Crippen molar-refractivity contribution in [3.05, 3.63) is 35.9 Å². The van der Waals surface area contributed by atoms with Crippen LogP contribution in [0.1, 0.15) is 308 Å². The van der Waals surface area contributed by atoms with Gasteiger partial charge in [0.05, 0.1) is 44.2 Å². The zero-order valence-electron chi connectivity index (χ0n) is 57.6. The monoisotopic (exact) mass is 1070 g/mol. The van der Waals surface area contributed by atoms with Crippen molar-refractivity contribution in [2.45, 2.75) is 333 Å². The van der Waals surface area contributed by atoms with Gasteiger partial charge < -0.3 is 28.6 Å². The van der Waals surface area contributed by atoms with Crippen molar-refractivity contribution >= 4 is 0 Å². The van der Waals surface area contributed by atoms with Gasteiger partial charge in [-0.25, -0.2) is 0 Å². The van der Waals surface area contributed by atoms with Crippen LogP contribution in [0.4, 0.5) is 0 Å². The predicted octanol–water partition coefficient (Wildman–Crippen LogP) is 22.8. The molecule has 0 N–H and O–H groups in total. The molecule has 6 nitrogen and oxygen atoms in total. The minimum Gasteiger partial charge on any atom is -0.381 e. The summed E-state index contributed by atoms with van der Waals surface area (Å²) in [4.78, 5) is 2.29. The maximum absolute atomic E-state index is 5.31. The normalized spacial score (nSPS) is 21.5. The predicted molar refractivity (Wildman–Crippen MR) is 348 cm³/mol. The fourth-order valence-corrected chi connectivity index (χ4v) is 7.03. The highest BCUT2D eigenvalue weighted by atomic mass is 16.5. The summed E-state index contributed by atoms with van der Waals surface area (Å²) >= 11 is 0. The van der Waals surface area contributed by atoms with E-state index in [1.54, 1.807) is 0 Å². The SMILES string of the molecule is CC.CC.CC.CC.CC.CC.CC.CC.CC.CC1CC1.CC1CCCC1.CC1CCCCC1.CC1CCCCO1.CC1CCCCO1.CC1CCCO1.CC1CN(C)CCO1.CC1COC1.Cc1ccccc1. The van der Waals surface area contributed by atoms with E-state index in [2.05, 4.69) is 86.4 Å². The first-order valence-corrected chi connectivity index (χ1v) is 33.2. The third-order valence-corrected chi connectivity index (χ3v) is 11.6. The summed E-state index contributed by atoms with van der Waals surface area (Å²) in [7, 11) is 2.12. The molecule has 0 amide bonds. The molecule has 3 aliphatic carbocycles. The van der Waals surface area contributed by atoms with Gasteiger partial charge in [0.15, 0.2) is 0 Å². The third-order valence-electron chi connectivity index (χ3n) is 11.6. The van der Waals surface area contributed by atoms with Crippen LogP contribution in [0.15, 0.2) is 30.3 Å². The van der Waals surface area contributed by atoms with Gasteiger partial charge in [0.25, 0.3) is 0 Å². The van der Waals surface area contributed by atoms with Gasteiger partial charge in [-0.3, -0.25) is 0 Å². The Balaban J connectivity index is -0.0000000901. The fraction of sp³-hybridized carbons (Fsp3) is 0.913. The third kappa shape index (κ3) is 89.8. The van der Waals surface area contributed by atoms with Crippen LogP contribution in [-0.4, -0.2) is 89.1 Å². The van der Waals surface area contributed by atoms with Crippen molar-refractivity contribution < 1.29 is 23.7 Å². The fourth-order valence-electron chi connectivity index (χ4n) is 7.03. The summed E-state index contributed by atoms with van der Waals surface area (Å²) < 4.78 is 25.8. The van der Waals surface area contributed by atoms with Crippen LogP contribution in [0, 0.1) is 30.6 Å². The zero-order valence-corrected chi connectivity index (χ0v) is 57.6. The lowest BCUT2D eigenvalue weighted by atomic mass is 9.91. The number of aryl methyl sites for hydroxylation is 1. The number of nitrogens with zero attached hydrogens (tertiary/aromatic N) is 1. The molecule has 8 fully saturated rings. The highest BCUT2D eigenvalue weighted by molar-refractivity contribution is 5.11. The summed E-state index contributed by atoms with van der Waals surface area (Å²) in [5, 5.41) is 0. The molecule has 5 saturated heterocycles. The van der Waals surface area contributed by atoms with Gasteiger partial charge >= 0.3 is 0 Å². The quantitative estimate of drug-likeness (QED) is 0.258. The highest BCUT2D eigenvalue weighted by Gasteiger charge is 2.13. The topological polar surface area (TPSA) is 49.4 Å². The Bertz CT molecular complexity index is 884. The van der Waals surface area contributed by atoms with E-state index < -0.39 is 0 Å². The summed E-state index contributed by atoms with van der Waals surface area (Å²) in [6.45, 7) is 63.8. The Kier molecular flexibility index (Phi) is 108. The minimum atomic E-state index is 0.439. The van der Waals surface area contributed by atoms with E-state index in [0.29, 0.717) is 24.4 Å². The van der Waals surface area contributed by atoms with Gasteiger partial charge in [0, 0.05) is 38.8 Å². The number of likely N-dealkylation sites (N-methyl/N-ethyl adjacent to an activating group) is 1. The first-order valence-electron chi connectivity index (χ1n) is 33.2. The summed E-state index contributed by atoms with van der Waals surface area (Å²) in [6, 6.07) is 10.3. The Labute approximate surface area is 479 Å². The van der Waals surface area contributed by atoms with Gasteiger partial charge in [0.2, 0.25) is 0 Å². The van der Waals surface area contributed by atoms with E-state index in [9.17, 15) is 0 Å². The number of ether oxygens (including phenoxy) is 5. The van der Waals surface area contributed by atoms with Crippen LogP contribution in [0.25, 0.3) is 0 Å². The minimum absolute atomic E-state index is 0.439. The van der Waals surface area contributed by atoms with Gasteiger partial charge in [-0.1, -0.05) is 259 Å². The molecule has 0 spiro atoms. The van der Waals surface area contributed by atoms with E-state index in [1.165, 1.54) is 128 Å². The van der Waals surface area contributed by atoms with E-state index in [0.717, 1.165) is 76.4 Å². The molecule has 6 heteroatoms. The van der Waals surface area contributed by atoms with E-state index in [-0.39, 0.29) is 0 Å². The molecule has 8 aliphatic rings. The van der Waals surface area contributed by atoms with Crippen LogP contribution in [0.2, 0.25) is 0 Å². The molecule has 5 heterocycles. The van der Waals surface area contributed by atoms with Gasteiger partial charge in [-0.2, -0.15) is 0 Å². The molecule has 0 bridgehead atoms. The number of hydrogen-bond acceptors (Lipinski definition) is 6. The molecule has 0 radical (unpaired) electrons. The van der Waals surface area contributed by atoms with Crippen molar-refractivity contribution in [2.75, 3.05) is 59.8 Å². The summed E-state index contributed by atoms with van der Waals surface area (Å²) in [5.74, 6) is 4.01. The van der Waals surface area contributed by atoms with Crippen molar-refractivity contribution in [2.24, 2.45) is 23.7 Å². The van der Waals surface area contributed by atoms with Crippen molar-refractivity contribution in [3.8, 4) is 0 Å². The Morgan fingerprint density at radius 3 is 0.760 bits per heavy atom. The van der Waals surface area contributed by atoms with Crippen LogP contribution >= 0.6 is 0 Å². The second-order valence-corrected chi connectivity index (χ2v) is 18.7. The summed E-state index contributed by atoms with van der Waals surface area (Å²) in [5.41, 5.74) is 1.32. The van der Waals surface area contributed by atoms with Gasteiger partial charge in [-0.05, 0) is 111 Å². The largest absolute Gasteiger partial charge is 0.381 e. The summed E-state index contributed by atoms with van der Waals surface area (Å²) in [6.07, 6.45) is 28.7. The molecule has 3 saturated carbocycles. The lowest BCUT2D eigenvalue weighted by Crippen LogP contribution is -2.38. The van der Waals surface area contributed by atoms with Crippen molar-refractivity contribution in [3.63, 3.8) is 0 Å². The molecule has 1 aromatic rings. The molecule has 0 aromatic heterocycles. The van der Waals surface area contributed by atoms with Gasteiger partial charge in [0.1, 0.15) is 0 Å². The lowest BCUT2D eigenvalue weighted by molar-refractivity contribution is -0.0221. The number of hydrogen-bond donors (Lipinski definition) is 0. The van der Waals surface area contributed by atoms with Crippen LogP contribution in [-0.2, 0) is 23.7 Å². The van der Waals surface area contributed by atoms with E-state index in [4.69, 9.17) is 23.7 Å². The first kappa shape index (κ1) is 93.3. The van der Waals surface area contributed by atoms with E-state index >= 15 is 0 Å². The van der Waals surface area contributed by atoms with Crippen molar-refractivity contribution in [1.29, 1.82) is 0 Å². The molecule has 462 valence electrons. The van der Waals surface area contributed by atoms with Crippen molar-refractivity contribution in [1.82, 2.24) is 4.90 Å². The molecule has 4 atom stereocenters. The second kappa shape index (κ2) is 86.9. The number of benzene rings is 1. The lowest BCUT2D eigenvalue weighted by Gasteiger charge is -2.27. The van der Waals surface area contributed by atoms with E-state index in [1.807, 2.05) is 143 Å². The maximum atomic E-state index is 5.31. The second-order valence-electron chi connectivity index (χ2n) is 18.7. The maximum Gasteiger partial charge on any atom is 0.0674 e. The molecule has 9 rings (SSSR count). The Morgan fingerprint density at radius 2 is 0.627 bits per heavy atom. The zero-order chi connectivity index (χ0) is 59.9. The standard InChI is InChI=1S/C7H14.C7H8.C6H13NO.2C6H12O.C6H12.C5H10O.C4H8O.C4H8.9C2H6/c2*1-7-5-3-2-4-6-7;1-6-5-7(2)3-4-8-6;2*1-6-4-2-3-5-7-6;1-6-4-2-3-5-6;1-5-3-2-4-6-5;1-4-2-5-3-4;1-4-2-3-4;9*1-2/h7H,2-6H2,1H3;2-6H,1H3;6H,3-5H2,1-2H3;2*6H,2-5H2,1H3;6H,2-5H2,1H3;5H,2-4H2,1H3;4H,2-3H2,1H3;4H,2-3H2,1H3;9*1-2H3. The smallest absolute Gasteiger partial charge is 0.0674 e. The molecule has 1 aromatic carbocycles. The van der Waals surface area contributed by atoms with Crippen LogP contribution in [0.5, 0.6) is 0 Å². The molecular formula is C69H151NO5. The average molecular weight is 1070 g/mol. The number of morpholine rings is 1. The Morgan fingerprint density at radius 1 is 0.333 bits per heavy atom. The molecular weight excluding hydrogens is 923 g/mol. The molecule has 4 unspecified atom stereocenters. The average Bonchev–Trinajstić information content (AvgIpc) is 3.82. The van der Waals surface area contributed by atoms with Gasteiger partial charge in [-0.15, -0.1) is 0 Å². The molecule has 5 aliphatic heterocycles.